The maximum atomic E-state index is 11.8. The zero-order chi connectivity index (χ0) is 11.8. The predicted octanol–water partition coefficient (Wildman–Crippen LogP) is 2.54. The van der Waals surface area contributed by atoms with Crippen LogP contribution >= 0.6 is 0 Å². The Morgan fingerprint density at radius 1 is 1.19 bits per heavy atom. The van der Waals surface area contributed by atoms with Crippen molar-refractivity contribution >= 4 is 11.7 Å². The third kappa shape index (κ3) is 5.29. The topological polar surface area (TPSA) is 37.4 Å². The summed E-state index contributed by atoms with van der Waals surface area (Å²) in [4.78, 5) is 24.5. The van der Waals surface area contributed by atoms with Gasteiger partial charge in [-0.1, -0.05) is 12.8 Å². The standard InChI is InChI=1S/C13H23NO2/c1-12(15)8-5-7-11-14-10-6-3-2-4-9-13(14)16/h2-11H2,1H3. The Balaban J connectivity index is 2.21. The minimum absolute atomic E-state index is 0.249. The van der Waals surface area contributed by atoms with Crippen LogP contribution in [0.25, 0.3) is 0 Å². The van der Waals surface area contributed by atoms with Gasteiger partial charge >= 0.3 is 0 Å². The molecule has 92 valence electrons. The van der Waals surface area contributed by atoms with Gasteiger partial charge in [0.15, 0.2) is 0 Å². The Labute approximate surface area is 98.2 Å². The van der Waals surface area contributed by atoms with Crippen molar-refractivity contribution in [2.24, 2.45) is 0 Å². The van der Waals surface area contributed by atoms with Crippen molar-refractivity contribution in [3.05, 3.63) is 0 Å². The van der Waals surface area contributed by atoms with Crippen molar-refractivity contribution in [1.29, 1.82) is 0 Å². The van der Waals surface area contributed by atoms with Crippen LogP contribution in [-0.4, -0.2) is 29.7 Å². The molecule has 0 aromatic carbocycles. The number of unbranched alkanes of at least 4 members (excludes halogenated alkanes) is 1. The fourth-order valence-corrected chi connectivity index (χ4v) is 2.13. The number of carbonyl (C=O) groups excluding carboxylic acids is 2. The van der Waals surface area contributed by atoms with Crippen molar-refractivity contribution in [2.45, 2.75) is 58.3 Å². The van der Waals surface area contributed by atoms with E-state index in [2.05, 4.69) is 0 Å². The van der Waals surface area contributed by atoms with Crippen LogP contribution in [0, 0.1) is 0 Å². The molecule has 3 heteroatoms. The van der Waals surface area contributed by atoms with Crippen LogP contribution in [0.15, 0.2) is 0 Å². The second kappa shape index (κ2) is 7.42. The SMILES string of the molecule is CC(=O)CCCCN1CCCCCCC1=O. The summed E-state index contributed by atoms with van der Waals surface area (Å²) in [5.74, 6) is 0.557. The van der Waals surface area contributed by atoms with Crippen molar-refractivity contribution < 1.29 is 9.59 Å². The van der Waals surface area contributed by atoms with Gasteiger partial charge in [0.2, 0.25) is 5.91 Å². The Bertz CT molecular complexity index is 238. The van der Waals surface area contributed by atoms with Gasteiger partial charge < -0.3 is 9.69 Å². The molecule has 0 aromatic rings. The van der Waals surface area contributed by atoms with Crippen molar-refractivity contribution in [3.8, 4) is 0 Å². The van der Waals surface area contributed by atoms with Gasteiger partial charge in [0, 0.05) is 25.9 Å². The van der Waals surface area contributed by atoms with E-state index in [1.54, 1.807) is 6.92 Å². The molecule has 0 radical (unpaired) electrons. The highest BCUT2D eigenvalue weighted by Crippen LogP contribution is 2.12. The maximum absolute atomic E-state index is 11.8. The van der Waals surface area contributed by atoms with Crippen LogP contribution in [0.5, 0.6) is 0 Å². The number of carbonyl (C=O) groups is 2. The summed E-state index contributed by atoms with van der Waals surface area (Å²) >= 11 is 0. The number of Topliss-reactive ketones (excluding diaryl/α,β-unsaturated/α-hetero) is 1. The Morgan fingerprint density at radius 3 is 2.69 bits per heavy atom. The highest BCUT2D eigenvalue weighted by Gasteiger charge is 2.14. The number of likely N-dealkylation sites (tertiary alicyclic amines) is 1. The number of amides is 1. The van der Waals surface area contributed by atoms with Gasteiger partial charge in [-0.3, -0.25) is 4.79 Å². The molecule has 0 bridgehead atoms. The average molecular weight is 225 g/mol. The van der Waals surface area contributed by atoms with Gasteiger partial charge in [0.1, 0.15) is 5.78 Å². The van der Waals surface area contributed by atoms with Crippen LogP contribution in [0.2, 0.25) is 0 Å². The van der Waals surface area contributed by atoms with E-state index >= 15 is 0 Å². The minimum Gasteiger partial charge on any atom is -0.343 e. The molecule has 0 unspecified atom stereocenters. The summed E-state index contributed by atoms with van der Waals surface area (Å²) in [6, 6.07) is 0. The first-order valence-corrected chi connectivity index (χ1v) is 6.47. The van der Waals surface area contributed by atoms with Crippen LogP contribution in [0.4, 0.5) is 0 Å². The molecule has 0 spiro atoms. The summed E-state index contributed by atoms with van der Waals surface area (Å²) < 4.78 is 0. The quantitative estimate of drug-likeness (QED) is 0.674. The lowest BCUT2D eigenvalue weighted by Gasteiger charge is -2.24. The molecule has 1 aliphatic rings. The van der Waals surface area contributed by atoms with Crippen molar-refractivity contribution in [3.63, 3.8) is 0 Å². The summed E-state index contributed by atoms with van der Waals surface area (Å²) in [7, 11) is 0. The number of ketones is 1. The van der Waals surface area contributed by atoms with Crippen LogP contribution < -0.4 is 0 Å². The smallest absolute Gasteiger partial charge is 0.222 e. The summed E-state index contributed by atoms with van der Waals surface area (Å²) in [5, 5.41) is 0. The molecule has 1 aliphatic heterocycles. The highest BCUT2D eigenvalue weighted by atomic mass is 16.2. The lowest BCUT2D eigenvalue weighted by Crippen LogP contribution is -2.33. The van der Waals surface area contributed by atoms with Crippen molar-refractivity contribution in [1.82, 2.24) is 4.90 Å². The highest BCUT2D eigenvalue weighted by molar-refractivity contribution is 5.76. The molecular weight excluding hydrogens is 202 g/mol. The van der Waals surface area contributed by atoms with Gasteiger partial charge in [-0.15, -0.1) is 0 Å². The van der Waals surface area contributed by atoms with E-state index in [4.69, 9.17) is 0 Å². The summed E-state index contributed by atoms with van der Waals surface area (Å²) in [5.41, 5.74) is 0. The van der Waals surface area contributed by atoms with E-state index in [0.29, 0.717) is 18.7 Å². The molecule has 1 heterocycles. The third-order valence-corrected chi connectivity index (χ3v) is 3.13. The van der Waals surface area contributed by atoms with Gasteiger partial charge in [-0.25, -0.2) is 0 Å². The zero-order valence-corrected chi connectivity index (χ0v) is 10.3. The molecule has 3 nitrogen and oxygen atoms in total. The molecule has 1 rings (SSSR count). The van der Waals surface area contributed by atoms with E-state index in [9.17, 15) is 9.59 Å². The molecule has 16 heavy (non-hydrogen) atoms. The third-order valence-electron chi connectivity index (χ3n) is 3.13. The van der Waals surface area contributed by atoms with Gasteiger partial charge in [-0.2, -0.15) is 0 Å². The number of hydrogen-bond acceptors (Lipinski definition) is 2. The maximum Gasteiger partial charge on any atom is 0.222 e. The first-order valence-electron chi connectivity index (χ1n) is 6.47. The zero-order valence-electron chi connectivity index (χ0n) is 10.3. The van der Waals surface area contributed by atoms with E-state index in [1.165, 1.54) is 12.8 Å². The van der Waals surface area contributed by atoms with E-state index in [1.807, 2.05) is 4.90 Å². The summed E-state index contributed by atoms with van der Waals surface area (Å²) in [6.07, 6.45) is 7.88. The molecule has 1 saturated heterocycles. The van der Waals surface area contributed by atoms with Gasteiger partial charge in [0.05, 0.1) is 0 Å². The van der Waals surface area contributed by atoms with Crippen molar-refractivity contribution in [2.75, 3.05) is 13.1 Å². The Morgan fingerprint density at radius 2 is 1.94 bits per heavy atom. The first-order chi connectivity index (χ1) is 7.70. The molecule has 0 aliphatic carbocycles. The lowest BCUT2D eigenvalue weighted by atomic mass is 10.1. The second-order valence-electron chi connectivity index (χ2n) is 4.70. The Hall–Kier alpha value is -0.860. The monoisotopic (exact) mass is 225 g/mol. The van der Waals surface area contributed by atoms with Crippen LogP contribution in [-0.2, 0) is 9.59 Å². The van der Waals surface area contributed by atoms with E-state index in [-0.39, 0.29) is 5.78 Å². The minimum atomic E-state index is 0.249. The van der Waals surface area contributed by atoms with Crippen LogP contribution in [0.3, 0.4) is 0 Å². The van der Waals surface area contributed by atoms with E-state index in [0.717, 1.165) is 38.8 Å². The fourth-order valence-electron chi connectivity index (χ4n) is 2.13. The molecule has 0 atom stereocenters. The lowest BCUT2D eigenvalue weighted by molar-refractivity contribution is -0.131. The Kier molecular flexibility index (Phi) is 6.12. The molecule has 0 aromatic heterocycles. The number of nitrogens with zero attached hydrogens (tertiary/aromatic N) is 1. The normalized spacial score (nSPS) is 18.1. The predicted molar refractivity (Wildman–Crippen MR) is 64.2 cm³/mol. The average Bonchev–Trinajstić information content (AvgIpc) is 2.21. The number of rotatable bonds is 5. The van der Waals surface area contributed by atoms with Gasteiger partial charge in [0.25, 0.3) is 0 Å². The van der Waals surface area contributed by atoms with Gasteiger partial charge in [-0.05, 0) is 32.6 Å². The molecule has 1 amide bonds. The fraction of sp³-hybridized carbons (Fsp3) is 0.846. The molecular formula is C13H23NO2. The largest absolute Gasteiger partial charge is 0.343 e. The number of hydrogen-bond donors (Lipinski definition) is 0. The molecule has 0 saturated carbocycles. The second-order valence-corrected chi connectivity index (χ2v) is 4.70. The molecule has 0 N–H and O–H groups in total. The summed E-state index contributed by atoms with van der Waals surface area (Å²) in [6.45, 7) is 3.38. The first kappa shape index (κ1) is 13.2. The van der Waals surface area contributed by atoms with Crippen LogP contribution in [0.1, 0.15) is 58.3 Å². The molecule has 1 fully saturated rings. The van der Waals surface area contributed by atoms with E-state index < -0.39 is 0 Å².